The topological polar surface area (TPSA) is 68.7 Å². The molecule has 1 aliphatic heterocycles. The third-order valence-electron chi connectivity index (χ3n) is 4.19. The van der Waals surface area contributed by atoms with E-state index in [-0.39, 0.29) is 11.2 Å². The number of nitrogens with one attached hydrogen (secondary N) is 2. The number of carbonyl (C=O) groups is 1. The molecule has 130 valence electrons. The molecule has 1 amide bonds. The molecule has 2 aromatic rings. The second-order valence-corrected chi connectivity index (χ2v) is 6.47. The molecule has 2 aliphatic rings. The number of H-pyrrole nitrogens is 1. The maximum Gasteiger partial charge on any atom is 0.255 e. The average molecular weight is 411 g/mol. The van der Waals surface area contributed by atoms with Gasteiger partial charge in [0, 0.05) is 30.1 Å². The van der Waals surface area contributed by atoms with Gasteiger partial charge in [-0.15, -0.1) is 0 Å². The molecular formula is C20H17BrN3O2+. The highest BCUT2D eigenvalue weighted by Crippen LogP contribution is 2.32. The summed E-state index contributed by atoms with van der Waals surface area (Å²) in [6.45, 7) is 2.72. The Morgan fingerprint density at radius 1 is 1.19 bits per heavy atom. The molecule has 1 heterocycles. The number of fused-ring (bicyclic) bond motifs is 4. The van der Waals surface area contributed by atoms with Crippen LogP contribution in [0.15, 0.2) is 57.9 Å². The molecule has 0 saturated heterocycles. The molecule has 0 bridgehead atoms. The van der Waals surface area contributed by atoms with Gasteiger partial charge >= 0.3 is 0 Å². The number of aromatic amines is 1. The van der Waals surface area contributed by atoms with E-state index in [2.05, 4.69) is 31.2 Å². The number of nitrogens with zero attached hydrogens (tertiary/aromatic N) is 1. The summed E-state index contributed by atoms with van der Waals surface area (Å²) in [6.07, 6.45) is 0. The fraction of sp³-hybridized carbons (Fsp3) is 0.150. The van der Waals surface area contributed by atoms with Crippen molar-refractivity contribution < 1.29 is 14.2 Å². The molecule has 0 atom stereocenters. The minimum atomic E-state index is -0.108. The molecule has 26 heavy (non-hydrogen) atoms. The number of anilines is 1. The first-order valence-corrected chi connectivity index (χ1v) is 9.49. The Morgan fingerprint density at radius 3 is 2.77 bits per heavy atom. The minimum Gasteiger partial charge on any atom is -0.443 e. The van der Waals surface area contributed by atoms with Gasteiger partial charge in [-0.2, -0.15) is 4.98 Å². The van der Waals surface area contributed by atoms with E-state index in [0.717, 1.165) is 45.3 Å². The monoisotopic (exact) mass is 410 g/mol. The van der Waals surface area contributed by atoms with Gasteiger partial charge in [0.15, 0.2) is 0 Å². The second kappa shape index (κ2) is 6.88. The normalized spacial score (nSPS) is 12.2. The number of carbonyl (C=O) groups excluding carboxylic acids is 1. The largest absolute Gasteiger partial charge is 0.443 e. The Morgan fingerprint density at radius 2 is 2.00 bits per heavy atom. The number of halogens is 1. The zero-order valence-corrected chi connectivity index (χ0v) is 15.8. The van der Waals surface area contributed by atoms with Crippen molar-refractivity contribution in [2.45, 2.75) is 6.92 Å². The van der Waals surface area contributed by atoms with E-state index < -0.39 is 0 Å². The van der Waals surface area contributed by atoms with Gasteiger partial charge in [0.1, 0.15) is 0 Å². The van der Waals surface area contributed by atoms with Gasteiger partial charge in [-0.05, 0) is 19.1 Å². The highest BCUT2D eigenvalue weighted by atomic mass is 79.9. The summed E-state index contributed by atoms with van der Waals surface area (Å²) in [7, 11) is 0. The number of hydrogen-bond acceptors (Lipinski definition) is 3. The van der Waals surface area contributed by atoms with Gasteiger partial charge in [-0.1, -0.05) is 34.1 Å². The van der Waals surface area contributed by atoms with E-state index in [0.29, 0.717) is 5.58 Å². The second-order valence-electron chi connectivity index (χ2n) is 5.91. The Labute approximate surface area is 158 Å². The summed E-state index contributed by atoms with van der Waals surface area (Å²) in [5, 5.41) is 5.99. The van der Waals surface area contributed by atoms with Crippen LogP contribution in [-0.2, 0) is 4.79 Å². The van der Waals surface area contributed by atoms with Crippen LogP contribution in [-0.4, -0.2) is 17.8 Å². The number of benzene rings is 3. The van der Waals surface area contributed by atoms with Gasteiger partial charge in [-0.3, -0.25) is 9.79 Å². The molecule has 0 saturated carbocycles. The fourth-order valence-corrected chi connectivity index (χ4v) is 3.22. The molecule has 0 aromatic heterocycles. The lowest BCUT2D eigenvalue weighted by Crippen LogP contribution is -2.15. The first-order valence-electron chi connectivity index (χ1n) is 8.37. The van der Waals surface area contributed by atoms with E-state index in [9.17, 15) is 4.79 Å². The predicted molar refractivity (Wildman–Crippen MR) is 105 cm³/mol. The van der Waals surface area contributed by atoms with Gasteiger partial charge in [0.2, 0.25) is 22.9 Å². The van der Waals surface area contributed by atoms with Gasteiger partial charge < -0.3 is 9.73 Å². The van der Waals surface area contributed by atoms with E-state index in [1.165, 1.54) is 0 Å². The van der Waals surface area contributed by atoms with E-state index in [1.54, 1.807) is 0 Å². The first-order chi connectivity index (χ1) is 12.7. The zero-order valence-electron chi connectivity index (χ0n) is 14.2. The molecule has 0 unspecified atom stereocenters. The molecule has 2 aromatic carbocycles. The van der Waals surface area contributed by atoms with Crippen LogP contribution < -0.4 is 15.7 Å². The van der Waals surface area contributed by atoms with Crippen molar-refractivity contribution in [2.75, 3.05) is 17.2 Å². The number of amides is 1. The average Bonchev–Trinajstić information content (AvgIpc) is 2.67. The highest BCUT2D eigenvalue weighted by molar-refractivity contribution is 9.09. The molecule has 4 rings (SSSR count). The summed E-state index contributed by atoms with van der Waals surface area (Å²) < 4.78 is 6.14. The molecular weight excluding hydrogens is 394 g/mol. The molecule has 0 spiro atoms. The number of aromatic nitrogens is 1. The van der Waals surface area contributed by atoms with Crippen molar-refractivity contribution in [1.29, 1.82) is 0 Å². The molecule has 0 radical (unpaired) electrons. The van der Waals surface area contributed by atoms with Crippen molar-refractivity contribution in [3.8, 4) is 11.5 Å². The molecule has 6 heteroatoms. The quantitative estimate of drug-likeness (QED) is 0.317. The van der Waals surface area contributed by atoms with Crippen LogP contribution in [0, 0.1) is 0 Å². The van der Waals surface area contributed by atoms with Crippen LogP contribution in [0.3, 0.4) is 0 Å². The molecule has 2 N–H and O–H groups in total. The van der Waals surface area contributed by atoms with Crippen molar-refractivity contribution >= 4 is 49.4 Å². The van der Waals surface area contributed by atoms with Gasteiger partial charge in [0.05, 0.1) is 21.8 Å². The van der Waals surface area contributed by atoms with Crippen LogP contribution >= 0.6 is 15.9 Å². The Balaban J connectivity index is 2.04. The molecule has 0 fully saturated rings. The Kier molecular flexibility index (Phi) is 4.42. The van der Waals surface area contributed by atoms with E-state index in [4.69, 9.17) is 4.42 Å². The van der Waals surface area contributed by atoms with Crippen molar-refractivity contribution in [1.82, 2.24) is 0 Å². The van der Waals surface area contributed by atoms with Crippen molar-refractivity contribution in [3.05, 3.63) is 53.9 Å². The third kappa shape index (κ3) is 2.97. The summed E-state index contributed by atoms with van der Waals surface area (Å²) in [5.74, 6) is 0.614. The van der Waals surface area contributed by atoms with Crippen LogP contribution in [0.1, 0.15) is 6.92 Å². The van der Waals surface area contributed by atoms with Crippen LogP contribution in [0.25, 0.3) is 33.3 Å². The summed E-state index contributed by atoms with van der Waals surface area (Å²) in [4.78, 5) is 19.8. The third-order valence-corrected chi connectivity index (χ3v) is 4.70. The number of hydrogen-bond donors (Lipinski definition) is 1. The van der Waals surface area contributed by atoms with Crippen LogP contribution in [0.2, 0.25) is 0 Å². The Bertz CT molecular complexity index is 1170. The van der Waals surface area contributed by atoms with Crippen molar-refractivity contribution in [2.24, 2.45) is 4.99 Å². The minimum absolute atomic E-state index is 0.108. The summed E-state index contributed by atoms with van der Waals surface area (Å²) in [6, 6.07) is 15.6. The van der Waals surface area contributed by atoms with E-state index >= 15 is 0 Å². The van der Waals surface area contributed by atoms with Crippen molar-refractivity contribution in [3.63, 3.8) is 0 Å². The molecule has 5 nitrogen and oxygen atoms in total. The standard InChI is InChI=1S/C20H16BrN3O2/c1-2-22-12-7-8-15-17(9-12)26-18-10-16(23-19(25)11-21)13-5-3-4-6-14(13)20(18)24-15/h3-10H,2,11H2,1H3,(H,23,25)/p+1. The smallest absolute Gasteiger partial charge is 0.255 e. The lowest BCUT2D eigenvalue weighted by atomic mass is 10.1. The lowest BCUT2D eigenvalue weighted by molar-refractivity contribution is -0.332. The van der Waals surface area contributed by atoms with E-state index in [1.807, 2.05) is 55.5 Å². The molecule has 1 aliphatic carbocycles. The zero-order chi connectivity index (χ0) is 18.1. The first kappa shape index (κ1) is 16.7. The highest BCUT2D eigenvalue weighted by Gasteiger charge is 2.19. The number of alkyl halides is 1. The fourth-order valence-electron chi connectivity index (χ4n) is 3.08. The van der Waals surface area contributed by atoms with Crippen LogP contribution in [0.5, 0.6) is 0 Å². The SMILES string of the molecule is CCN=c1ccc2[nH+]c3c(cc(NC(=O)CBr)c4ccccc43)oc-2c1. The van der Waals surface area contributed by atoms with Gasteiger partial charge in [-0.25, -0.2) is 0 Å². The number of rotatable bonds is 3. The maximum absolute atomic E-state index is 11.9. The maximum atomic E-state index is 11.9. The summed E-state index contributed by atoms with van der Waals surface area (Å²) in [5.41, 5.74) is 3.19. The Hall–Kier alpha value is -2.73. The lowest BCUT2D eigenvalue weighted by Gasteiger charge is -2.09. The summed E-state index contributed by atoms with van der Waals surface area (Å²) >= 11 is 3.19. The predicted octanol–water partition coefficient (Wildman–Crippen LogP) is 3.76. The van der Waals surface area contributed by atoms with Gasteiger partial charge in [0.25, 0.3) is 5.52 Å². The van der Waals surface area contributed by atoms with Crippen LogP contribution in [0.4, 0.5) is 5.69 Å².